The van der Waals surface area contributed by atoms with E-state index in [2.05, 4.69) is 11.8 Å². The highest BCUT2D eigenvalue weighted by Crippen LogP contribution is 2.47. The van der Waals surface area contributed by atoms with Crippen molar-refractivity contribution in [2.45, 2.75) is 51.4 Å². The molecule has 1 saturated heterocycles. The zero-order valence-corrected chi connectivity index (χ0v) is 21.4. The molecule has 3 unspecified atom stereocenters. The highest BCUT2D eigenvalue weighted by Gasteiger charge is 2.30. The lowest BCUT2D eigenvalue weighted by Crippen LogP contribution is -2.40. The van der Waals surface area contributed by atoms with Gasteiger partial charge in [-0.1, -0.05) is 24.3 Å². The molecule has 1 fully saturated rings. The van der Waals surface area contributed by atoms with E-state index in [4.69, 9.17) is 9.47 Å². The average molecular weight is 504 g/mol. The first-order valence-corrected chi connectivity index (χ1v) is 13.0. The first-order valence-electron chi connectivity index (χ1n) is 13.0. The molecular formula is C31H34FNO4. The van der Waals surface area contributed by atoms with E-state index in [1.54, 1.807) is 30.3 Å². The van der Waals surface area contributed by atoms with Gasteiger partial charge >= 0.3 is 0 Å². The van der Waals surface area contributed by atoms with E-state index < -0.39 is 12.3 Å². The number of alkyl halides is 1. The number of allylic oxidation sites excluding steroid dienone is 1. The molecule has 3 atom stereocenters. The monoisotopic (exact) mass is 503 g/mol. The summed E-state index contributed by atoms with van der Waals surface area (Å²) in [5.74, 6) is 1.80. The van der Waals surface area contributed by atoms with Gasteiger partial charge in [-0.05, 0) is 98.8 Å². The molecule has 0 aliphatic carbocycles. The van der Waals surface area contributed by atoms with Gasteiger partial charge in [-0.25, -0.2) is 4.39 Å². The Labute approximate surface area is 217 Å². The predicted octanol–water partition coefficient (Wildman–Crippen LogP) is 6.75. The summed E-state index contributed by atoms with van der Waals surface area (Å²) in [7, 11) is 0. The van der Waals surface area contributed by atoms with Crippen LogP contribution >= 0.6 is 0 Å². The van der Waals surface area contributed by atoms with E-state index >= 15 is 0 Å². The van der Waals surface area contributed by atoms with E-state index in [-0.39, 0.29) is 17.5 Å². The summed E-state index contributed by atoms with van der Waals surface area (Å²) < 4.78 is 26.6. The van der Waals surface area contributed by atoms with Gasteiger partial charge in [-0.3, -0.25) is 4.90 Å². The van der Waals surface area contributed by atoms with Gasteiger partial charge in [0.2, 0.25) is 0 Å². The van der Waals surface area contributed by atoms with E-state index in [9.17, 15) is 14.6 Å². The van der Waals surface area contributed by atoms with Crippen LogP contribution in [0, 0.1) is 0 Å². The van der Waals surface area contributed by atoms with Crippen LogP contribution < -0.4 is 9.47 Å². The number of hydrogen-bond acceptors (Lipinski definition) is 5. The van der Waals surface area contributed by atoms with Crippen molar-refractivity contribution in [1.29, 1.82) is 0 Å². The number of halogens is 1. The minimum atomic E-state index is -0.758. The fourth-order valence-electron chi connectivity index (χ4n) is 5.30. The smallest absolute Gasteiger partial charge is 0.150 e. The highest BCUT2D eigenvalue weighted by molar-refractivity contribution is 5.95. The molecule has 3 aromatic rings. The van der Waals surface area contributed by atoms with Crippen molar-refractivity contribution < 1.29 is 24.1 Å². The second-order valence-corrected chi connectivity index (χ2v) is 10.1. The van der Waals surface area contributed by atoms with Gasteiger partial charge in [-0.15, -0.1) is 0 Å². The van der Waals surface area contributed by atoms with E-state index in [0.717, 1.165) is 53.0 Å². The molecule has 2 aliphatic heterocycles. The minimum absolute atomic E-state index is 0.133. The van der Waals surface area contributed by atoms with Gasteiger partial charge < -0.3 is 19.7 Å². The maximum absolute atomic E-state index is 14.0. The minimum Gasteiger partial charge on any atom is -0.508 e. The third kappa shape index (κ3) is 5.59. The molecule has 5 nitrogen and oxygen atoms in total. The van der Waals surface area contributed by atoms with Crippen molar-refractivity contribution in [3.05, 3.63) is 83.4 Å². The number of phenolic OH excluding ortho intramolecular Hbond substituents is 2. The van der Waals surface area contributed by atoms with Crippen molar-refractivity contribution in [3.8, 4) is 23.0 Å². The molecule has 3 aromatic carbocycles. The van der Waals surface area contributed by atoms with Gasteiger partial charge in [0.15, 0.2) is 0 Å². The Kier molecular flexibility index (Phi) is 7.38. The molecule has 2 heterocycles. The van der Waals surface area contributed by atoms with Crippen LogP contribution in [0.4, 0.5) is 4.39 Å². The number of rotatable bonds is 6. The van der Waals surface area contributed by atoms with Crippen molar-refractivity contribution in [2.24, 2.45) is 0 Å². The van der Waals surface area contributed by atoms with Crippen molar-refractivity contribution in [1.82, 2.24) is 4.90 Å². The standard InChI is InChI=1S/C31H34FNO4/c1-20(33-15-4-3-7-24(32)18-33)19-36-27-12-9-22(10-13-27)31-30(23-6-5-8-25(34)16-23)21(2)28-17-26(35)11-14-29(28)37-31/h5-6,8-14,16-17,20,24,31,34-35H,3-4,7,15,18-19H2,1-2H3. The summed E-state index contributed by atoms with van der Waals surface area (Å²) in [4.78, 5) is 2.19. The SMILES string of the molecule is CC1=C(c2cccc(O)c2)C(c2ccc(OCC(C)N3CCCCC(F)C3)cc2)Oc2ccc(O)cc21. The zero-order valence-electron chi connectivity index (χ0n) is 21.4. The number of ether oxygens (including phenoxy) is 2. The number of hydrogen-bond donors (Lipinski definition) is 2. The molecule has 2 N–H and O–H groups in total. The number of phenols is 2. The molecule has 2 aliphatic rings. The molecule has 0 spiro atoms. The van der Waals surface area contributed by atoms with Crippen LogP contribution in [0.1, 0.15) is 55.9 Å². The molecule has 0 amide bonds. The first-order chi connectivity index (χ1) is 17.9. The molecule has 5 rings (SSSR count). The second kappa shape index (κ2) is 10.9. The lowest BCUT2D eigenvalue weighted by Gasteiger charge is -2.31. The molecule has 0 aromatic heterocycles. The Balaban J connectivity index is 1.37. The van der Waals surface area contributed by atoms with Crippen LogP contribution in [0.2, 0.25) is 0 Å². The predicted molar refractivity (Wildman–Crippen MR) is 144 cm³/mol. The third-order valence-corrected chi connectivity index (χ3v) is 7.38. The molecule has 37 heavy (non-hydrogen) atoms. The van der Waals surface area contributed by atoms with Gasteiger partial charge in [0, 0.05) is 23.7 Å². The van der Waals surface area contributed by atoms with Crippen LogP contribution in [0.3, 0.4) is 0 Å². The number of aromatic hydroxyl groups is 2. The number of nitrogens with zero attached hydrogens (tertiary/aromatic N) is 1. The number of benzene rings is 3. The van der Waals surface area contributed by atoms with Gasteiger partial charge in [0.1, 0.15) is 41.9 Å². The normalized spacial score (nSPS) is 21.1. The number of likely N-dealkylation sites (tertiary alicyclic amines) is 1. The molecule has 194 valence electrons. The quantitative estimate of drug-likeness (QED) is 0.389. The Bertz CT molecular complexity index is 1270. The Morgan fingerprint density at radius 1 is 1.03 bits per heavy atom. The molecular weight excluding hydrogens is 469 g/mol. The van der Waals surface area contributed by atoms with Crippen molar-refractivity contribution in [3.63, 3.8) is 0 Å². The van der Waals surface area contributed by atoms with Crippen molar-refractivity contribution in [2.75, 3.05) is 19.7 Å². The van der Waals surface area contributed by atoms with E-state index in [0.29, 0.717) is 25.3 Å². The average Bonchev–Trinajstić information content (AvgIpc) is 3.12. The fourth-order valence-corrected chi connectivity index (χ4v) is 5.30. The van der Waals surface area contributed by atoms with Crippen molar-refractivity contribution >= 4 is 11.1 Å². The summed E-state index contributed by atoms with van der Waals surface area (Å²) in [5.41, 5.74) is 4.54. The third-order valence-electron chi connectivity index (χ3n) is 7.38. The summed E-state index contributed by atoms with van der Waals surface area (Å²) in [6.45, 7) is 5.98. The van der Waals surface area contributed by atoms with Gasteiger partial charge in [0.05, 0.1) is 0 Å². The summed E-state index contributed by atoms with van der Waals surface area (Å²) in [5, 5.41) is 20.2. The first kappa shape index (κ1) is 25.2. The van der Waals surface area contributed by atoms with Crippen LogP contribution in [0.5, 0.6) is 23.0 Å². The summed E-state index contributed by atoms with van der Waals surface area (Å²) in [6.07, 6.45) is 1.47. The van der Waals surface area contributed by atoms with E-state index in [1.807, 2.05) is 43.3 Å². The Morgan fingerprint density at radius 3 is 2.59 bits per heavy atom. The highest BCUT2D eigenvalue weighted by atomic mass is 19.1. The maximum atomic E-state index is 14.0. The van der Waals surface area contributed by atoms with Crippen LogP contribution in [0.25, 0.3) is 11.1 Å². The lowest BCUT2D eigenvalue weighted by atomic mass is 9.86. The zero-order chi connectivity index (χ0) is 25.9. The molecule has 0 bridgehead atoms. The van der Waals surface area contributed by atoms with Crippen LogP contribution in [-0.4, -0.2) is 47.0 Å². The van der Waals surface area contributed by atoms with E-state index in [1.165, 1.54) is 0 Å². The Hall–Kier alpha value is -3.51. The topological polar surface area (TPSA) is 62.2 Å². The number of fused-ring (bicyclic) bond motifs is 1. The molecule has 0 radical (unpaired) electrons. The van der Waals surface area contributed by atoms with Crippen LogP contribution in [0.15, 0.2) is 66.7 Å². The van der Waals surface area contributed by atoms with Gasteiger partial charge in [0.25, 0.3) is 0 Å². The maximum Gasteiger partial charge on any atom is 0.150 e. The summed E-state index contributed by atoms with van der Waals surface area (Å²) >= 11 is 0. The van der Waals surface area contributed by atoms with Crippen LogP contribution in [-0.2, 0) is 0 Å². The molecule has 6 heteroatoms. The second-order valence-electron chi connectivity index (χ2n) is 10.1. The fraction of sp³-hybridized carbons (Fsp3) is 0.355. The lowest BCUT2D eigenvalue weighted by molar-refractivity contribution is 0.123. The van der Waals surface area contributed by atoms with Gasteiger partial charge in [-0.2, -0.15) is 0 Å². The Morgan fingerprint density at radius 2 is 1.81 bits per heavy atom. The summed E-state index contributed by atoms with van der Waals surface area (Å²) in [6, 6.07) is 20.2. The largest absolute Gasteiger partial charge is 0.508 e. The molecule has 0 saturated carbocycles.